The van der Waals surface area contributed by atoms with Gasteiger partial charge in [-0.1, -0.05) is 128 Å². The maximum atomic E-state index is 6.52. The van der Waals surface area contributed by atoms with Crippen molar-refractivity contribution in [2.45, 2.75) is 13.3 Å². The summed E-state index contributed by atoms with van der Waals surface area (Å²) in [6.07, 6.45) is 1.05. The van der Waals surface area contributed by atoms with Crippen LogP contribution < -0.4 is 0 Å². The third-order valence-electron chi connectivity index (χ3n) is 11.0. The predicted octanol–water partition coefficient (Wildman–Crippen LogP) is 13.5. The summed E-state index contributed by atoms with van der Waals surface area (Å²) in [5.74, 6) is 0. The molecule has 0 bridgehead atoms. The molecule has 0 fully saturated rings. The number of aromatic nitrogens is 1. The Kier molecular flexibility index (Phi) is 5.68. The molecule has 0 unspecified atom stereocenters. The summed E-state index contributed by atoms with van der Waals surface area (Å²) in [5, 5.41) is 12.5. The standard InChI is InChI=1S/C48H31NO/c1-2-29-11-13-30(14-12-29)35-23-17-32-20-26-39-36(24-18-33-19-25-38(35)45(32)46(33)39)31-15-21-34(22-16-31)49-42-9-5-3-8-41(42)47-43(49)28-27-40-37-7-4-6-10-44(37)50-48(40)47/h3-28H,2H2,1H3. The van der Waals surface area contributed by atoms with Gasteiger partial charge in [-0.05, 0) is 103 Å². The summed E-state index contributed by atoms with van der Waals surface area (Å²) in [4.78, 5) is 0. The monoisotopic (exact) mass is 637 g/mol. The second kappa shape index (κ2) is 10.3. The molecule has 0 aliphatic carbocycles. The molecule has 0 radical (unpaired) electrons. The molecule has 0 spiro atoms. The third kappa shape index (κ3) is 3.79. The molecule has 0 aliphatic heterocycles. The number of hydrogen-bond acceptors (Lipinski definition) is 1. The van der Waals surface area contributed by atoms with Gasteiger partial charge in [0.05, 0.1) is 16.4 Å². The summed E-state index contributed by atoms with van der Waals surface area (Å²) in [6.45, 7) is 2.21. The highest BCUT2D eigenvalue weighted by Gasteiger charge is 2.19. The van der Waals surface area contributed by atoms with Crippen LogP contribution in [-0.2, 0) is 6.42 Å². The largest absolute Gasteiger partial charge is 0.455 e. The molecular weight excluding hydrogens is 607 g/mol. The normalized spacial score (nSPS) is 12.2. The highest BCUT2D eigenvalue weighted by molar-refractivity contribution is 6.28. The fourth-order valence-corrected chi connectivity index (χ4v) is 8.53. The van der Waals surface area contributed by atoms with Gasteiger partial charge in [-0.25, -0.2) is 0 Å². The summed E-state index contributed by atoms with van der Waals surface area (Å²) >= 11 is 0. The summed E-state index contributed by atoms with van der Waals surface area (Å²) < 4.78 is 8.89. The van der Waals surface area contributed by atoms with Gasteiger partial charge in [0.15, 0.2) is 0 Å². The van der Waals surface area contributed by atoms with Crippen LogP contribution in [-0.4, -0.2) is 4.57 Å². The fraction of sp³-hybridized carbons (Fsp3) is 0.0417. The van der Waals surface area contributed by atoms with Crippen molar-refractivity contribution in [1.82, 2.24) is 4.57 Å². The minimum absolute atomic E-state index is 0.923. The SMILES string of the molecule is CCc1ccc(-c2ccc3ccc4c(-c5ccc(-n6c7ccccc7c7c8oc9ccccc9c8ccc76)cc5)ccc5ccc2c3c54)cc1. The molecule has 2 aromatic heterocycles. The van der Waals surface area contributed by atoms with Crippen LogP contribution in [0.1, 0.15) is 12.5 Å². The zero-order valence-electron chi connectivity index (χ0n) is 27.6. The van der Waals surface area contributed by atoms with Crippen molar-refractivity contribution < 1.29 is 4.42 Å². The predicted molar refractivity (Wildman–Crippen MR) is 212 cm³/mol. The third-order valence-corrected chi connectivity index (χ3v) is 11.0. The lowest BCUT2D eigenvalue weighted by atomic mass is 9.87. The number of fused-ring (bicyclic) bond motifs is 7. The fourth-order valence-electron chi connectivity index (χ4n) is 8.53. The zero-order valence-corrected chi connectivity index (χ0v) is 27.6. The minimum Gasteiger partial charge on any atom is -0.455 e. The van der Waals surface area contributed by atoms with Gasteiger partial charge in [-0.2, -0.15) is 0 Å². The van der Waals surface area contributed by atoms with E-state index in [2.05, 4.69) is 163 Å². The average Bonchev–Trinajstić information content (AvgIpc) is 3.73. The van der Waals surface area contributed by atoms with Gasteiger partial charge < -0.3 is 8.98 Å². The first-order valence-corrected chi connectivity index (χ1v) is 17.5. The van der Waals surface area contributed by atoms with Crippen molar-refractivity contribution >= 4 is 76.1 Å². The van der Waals surface area contributed by atoms with E-state index >= 15 is 0 Å². The van der Waals surface area contributed by atoms with Crippen LogP contribution >= 0.6 is 0 Å². The molecule has 9 aromatic carbocycles. The highest BCUT2D eigenvalue weighted by Crippen LogP contribution is 2.44. The number of rotatable bonds is 4. The van der Waals surface area contributed by atoms with E-state index in [0.717, 1.165) is 44.9 Å². The van der Waals surface area contributed by atoms with Crippen LogP contribution in [0.15, 0.2) is 162 Å². The molecule has 0 aliphatic rings. The Labute approximate surface area is 288 Å². The topological polar surface area (TPSA) is 18.1 Å². The van der Waals surface area contributed by atoms with Crippen LogP contribution in [0.2, 0.25) is 0 Å². The smallest absolute Gasteiger partial charge is 0.145 e. The van der Waals surface area contributed by atoms with Gasteiger partial charge in [-0.3, -0.25) is 0 Å². The summed E-state index contributed by atoms with van der Waals surface area (Å²) in [5.41, 5.74) is 11.7. The van der Waals surface area contributed by atoms with E-state index in [4.69, 9.17) is 4.42 Å². The Morgan fingerprint density at radius 2 is 1.02 bits per heavy atom. The maximum Gasteiger partial charge on any atom is 0.145 e. The Bertz CT molecular complexity index is 3100. The molecule has 0 saturated heterocycles. The molecular formula is C48H31NO. The molecule has 0 N–H and O–H groups in total. The second-order valence-corrected chi connectivity index (χ2v) is 13.5. The van der Waals surface area contributed by atoms with Crippen LogP contribution in [0.25, 0.3) is 104 Å². The van der Waals surface area contributed by atoms with E-state index in [-0.39, 0.29) is 0 Å². The van der Waals surface area contributed by atoms with Gasteiger partial charge in [-0.15, -0.1) is 0 Å². The van der Waals surface area contributed by atoms with Gasteiger partial charge in [0.25, 0.3) is 0 Å². The summed E-state index contributed by atoms with van der Waals surface area (Å²) in [7, 11) is 0. The van der Waals surface area contributed by atoms with E-state index in [1.54, 1.807) is 0 Å². The number of benzene rings is 9. The van der Waals surface area contributed by atoms with Crippen molar-refractivity contribution in [3.05, 3.63) is 163 Å². The Balaban J connectivity index is 1.08. The number of hydrogen-bond donors (Lipinski definition) is 0. The molecule has 234 valence electrons. The van der Waals surface area contributed by atoms with Crippen molar-refractivity contribution in [1.29, 1.82) is 0 Å². The van der Waals surface area contributed by atoms with Crippen LogP contribution in [0, 0.1) is 0 Å². The molecule has 0 amide bonds. The van der Waals surface area contributed by atoms with Gasteiger partial charge in [0, 0.05) is 21.8 Å². The van der Waals surface area contributed by atoms with Gasteiger partial charge in [0.1, 0.15) is 11.2 Å². The number of para-hydroxylation sites is 2. The molecule has 0 atom stereocenters. The van der Waals surface area contributed by atoms with Gasteiger partial charge in [0.2, 0.25) is 0 Å². The molecule has 2 heteroatoms. The number of nitrogens with zero attached hydrogens (tertiary/aromatic N) is 1. The van der Waals surface area contributed by atoms with E-state index in [9.17, 15) is 0 Å². The van der Waals surface area contributed by atoms with Crippen LogP contribution in [0.3, 0.4) is 0 Å². The maximum absolute atomic E-state index is 6.52. The lowest BCUT2D eigenvalue weighted by molar-refractivity contribution is 0.673. The van der Waals surface area contributed by atoms with E-state index < -0.39 is 0 Å². The minimum atomic E-state index is 0.923. The molecule has 2 heterocycles. The van der Waals surface area contributed by atoms with E-state index in [0.29, 0.717) is 0 Å². The first-order chi connectivity index (χ1) is 24.7. The quantitative estimate of drug-likeness (QED) is 0.176. The van der Waals surface area contributed by atoms with E-state index in [1.807, 2.05) is 6.07 Å². The summed E-state index contributed by atoms with van der Waals surface area (Å²) in [6, 6.07) is 58.0. The van der Waals surface area contributed by atoms with Crippen molar-refractivity contribution in [2.75, 3.05) is 0 Å². The van der Waals surface area contributed by atoms with Crippen LogP contribution in [0.4, 0.5) is 0 Å². The Hall–Kier alpha value is -6.38. The Morgan fingerprint density at radius 3 is 1.70 bits per heavy atom. The molecule has 50 heavy (non-hydrogen) atoms. The first kappa shape index (κ1) is 27.6. The van der Waals surface area contributed by atoms with Crippen molar-refractivity contribution in [3.63, 3.8) is 0 Å². The molecule has 11 aromatic rings. The second-order valence-electron chi connectivity index (χ2n) is 13.5. The average molecular weight is 638 g/mol. The number of furan rings is 1. The molecule has 11 rings (SSSR count). The lowest BCUT2D eigenvalue weighted by Crippen LogP contribution is -1.94. The Morgan fingerprint density at radius 1 is 0.440 bits per heavy atom. The highest BCUT2D eigenvalue weighted by atomic mass is 16.3. The van der Waals surface area contributed by atoms with Gasteiger partial charge >= 0.3 is 0 Å². The molecule has 0 saturated carbocycles. The zero-order chi connectivity index (χ0) is 32.9. The number of aryl methyl sites for hydroxylation is 1. The van der Waals surface area contributed by atoms with Crippen molar-refractivity contribution in [2.24, 2.45) is 0 Å². The van der Waals surface area contributed by atoms with Crippen molar-refractivity contribution in [3.8, 4) is 27.9 Å². The van der Waals surface area contributed by atoms with Crippen LogP contribution in [0.5, 0.6) is 0 Å². The lowest BCUT2D eigenvalue weighted by Gasteiger charge is -2.17. The first-order valence-electron chi connectivity index (χ1n) is 17.5. The molecule has 2 nitrogen and oxygen atoms in total. The van der Waals surface area contributed by atoms with E-state index in [1.165, 1.54) is 71.0 Å².